The second-order valence-electron chi connectivity index (χ2n) is 6.97. The fourth-order valence-corrected chi connectivity index (χ4v) is 3.65. The maximum Gasteiger partial charge on any atom is 0.242 e. The first-order chi connectivity index (χ1) is 13.6. The maximum atomic E-state index is 12.9. The zero-order valence-electron chi connectivity index (χ0n) is 15.8. The Bertz CT molecular complexity index is 997. The molecule has 0 radical (unpaired) electrons. The van der Waals surface area contributed by atoms with Gasteiger partial charge in [0.15, 0.2) is 0 Å². The zero-order chi connectivity index (χ0) is 19.5. The highest BCUT2D eigenvalue weighted by atomic mass is 16.5. The minimum atomic E-state index is -0.114. The van der Waals surface area contributed by atoms with Gasteiger partial charge in [-0.25, -0.2) is 0 Å². The summed E-state index contributed by atoms with van der Waals surface area (Å²) in [6.45, 7) is 3.43. The minimum absolute atomic E-state index is 0.0617. The molecule has 1 saturated heterocycles. The molecule has 6 nitrogen and oxygen atoms in total. The van der Waals surface area contributed by atoms with E-state index in [0.717, 1.165) is 22.2 Å². The molecule has 28 heavy (non-hydrogen) atoms. The van der Waals surface area contributed by atoms with E-state index in [-0.39, 0.29) is 24.5 Å². The van der Waals surface area contributed by atoms with Crippen LogP contribution in [0.25, 0.3) is 10.9 Å². The van der Waals surface area contributed by atoms with Gasteiger partial charge in [-0.3, -0.25) is 9.59 Å². The van der Waals surface area contributed by atoms with Crippen molar-refractivity contribution in [2.75, 3.05) is 25.0 Å². The summed E-state index contributed by atoms with van der Waals surface area (Å²) in [6, 6.07) is 17.6. The third kappa shape index (κ3) is 3.77. The SMILES string of the molecule is CC(=O)Nc1cccc2c1ccn2CC(=O)N1CCO[C@@H](c2ccccc2)C1. The summed E-state index contributed by atoms with van der Waals surface area (Å²) in [4.78, 5) is 26.2. The van der Waals surface area contributed by atoms with Gasteiger partial charge in [0, 0.05) is 25.1 Å². The molecular formula is C22H23N3O3. The van der Waals surface area contributed by atoms with Gasteiger partial charge in [-0.15, -0.1) is 0 Å². The normalized spacial score (nSPS) is 16.9. The van der Waals surface area contributed by atoms with Crippen molar-refractivity contribution in [2.45, 2.75) is 19.6 Å². The quantitative estimate of drug-likeness (QED) is 0.759. The lowest BCUT2D eigenvalue weighted by molar-refractivity contribution is -0.139. The molecule has 0 spiro atoms. The van der Waals surface area contributed by atoms with E-state index >= 15 is 0 Å². The lowest BCUT2D eigenvalue weighted by Gasteiger charge is -2.33. The van der Waals surface area contributed by atoms with Gasteiger partial charge in [0.05, 0.1) is 24.4 Å². The molecule has 1 aromatic heterocycles. The van der Waals surface area contributed by atoms with Crippen LogP contribution in [-0.2, 0) is 20.9 Å². The summed E-state index contributed by atoms with van der Waals surface area (Å²) in [7, 11) is 0. The number of hydrogen-bond acceptors (Lipinski definition) is 3. The molecule has 1 fully saturated rings. The number of benzene rings is 2. The Morgan fingerprint density at radius 3 is 2.71 bits per heavy atom. The topological polar surface area (TPSA) is 63.6 Å². The highest BCUT2D eigenvalue weighted by Crippen LogP contribution is 2.26. The van der Waals surface area contributed by atoms with Crippen LogP contribution in [0.2, 0.25) is 0 Å². The van der Waals surface area contributed by atoms with E-state index in [0.29, 0.717) is 19.7 Å². The Balaban J connectivity index is 1.50. The van der Waals surface area contributed by atoms with Crippen LogP contribution in [0.5, 0.6) is 0 Å². The Labute approximate surface area is 163 Å². The van der Waals surface area contributed by atoms with Crippen molar-refractivity contribution in [3.05, 3.63) is 66.4 Å². The summed E-state index contributed by atoms with van der Waals surface area (Å²) < 4.78 is 7.79. The summed E-state index contributed by atoms with van der Waals surface area (Å²) in [5.74, 6) is -0.0525. The number of hydrogen-bond donors (Lipinski definition) is 1. The lowest BCUT2D eigenvalue weighted by atomic mass is 10.1. The molecule has 0 saturated carbocycles. The molecule has 0 aliphatic carbocycles. The standard InChI is InChI=1S/C22H23N3O3/c1-16(26)23-19-8-5-9-20-18(19)10-11-24(20)15-22(27)25-12-13-28-21(14-25)17-6-3-2-4-7-17/h2-11,21H,12-15H2,1H3,(H,23,26)/t21-/m1/s1. The molecule has 2 amide bonds. The number of fused-ring (bicyclic) bond motifs is 1. The molecule has 0 bridgehead atoms. The first-order valence-electron chi connectivity index (χ1n) is 9.41. The van der Waals surface area contributed by atoms with Crippen molar-refractivity contribution in [3.8, 4) is 0 Å². The molecule has 1 aliphatic rings. The summed E-state index contributed by atoms with van der Waals surface area (Å²) in [5, 5.41) is 3.76. The summed E-state index contributed by atoms with van der Waals surface area (Å²) in [5.41, 5.74) is 2.77. The lowest BCUT2D eigenvalue weighted by Crippen LogP contribution is -2.43. The highest BCUT2D eigenvalue weighted by Gasteiger charge is 2.25. The molecule has 1 atom stereocenters. The van der Waals surface area contributed by atoms with Crippen LogP contribution in [-0.4, -0.2) is 41.0 Å². The Hall–Kier alpha value is -3.12. The average molecular weight is 377 g/mol. The molecular weight excluding hydrogens is 354 g/mol. The average Bonchev–Trinajstić information content (AvgIpc) is 3.12. The van der Waals surface area contributed by atoms with Crippen LogP contribution in [0.1, 0.15) is 18.6 Å². The van der Waals surface area contributed by atoms with Crippen LogP contribution >= 0.6 is 0 Å². The number of carbonyl (C=O) groups excluding carboxylic acids is 2. The molecule has 3 aromatic rings. The monoisotopic (exact) mass is 377 g/mol. The Morgan fingerprint density at radius 2 is 1.93 bits per heavy atom. The van der Waals surface area contributed by atoms with Gasteiger partial charge in [-0.1, -0.05) is 36.4 Å². The number of rotatable bonds is 4. The van der Waals surface area contributed by atoms with Crippen molar-refractivity contribution in [3.63, 3.8) is 0 Å². The first kappa shape index (κ1) is 18.3. The van der Waals surface area contributed by atoms with Crippen LogP contribution in [0.15, 0.2) is 60.8 Å². The van der Waals surface area contributed by atoms with E-state index in [9.17, 15) is 9.59 Å². The van der Waals surface area contributed by atoms with E-state index in [2.05, 4.69) is 5.32 Å². The van der Waals surface area contributed by atoms with Crippen molar-refractivity contribution >= 4 is 28.4 Å². The van der Waals surface area contributed by atoms with E-state index in [1.807, 2.05) is 70.3 Å². The molecule has 144 valence electrons. The maximum absolute atomic E-state index is 12.9. The number of anilines is 1. The van der Waals surface area contributed by atoms with Gasteiger partial charge < -0.3 is 19.5 Å². The number of nitrogens with one attached hydrogen (secondary N) is 1. The second kappa shape index (κ2) is 7.86. The van der Waals surface area contributed by atoms with E-state index < -0.39 is 0 Å². The highest BCUT2D eigenvalue weighted by molar-refractivity contribution is 6.01. The zero-order valence-corrected chi connectivity index (χ0v) is 15.8. The van der Waals surface area contributed by atoms with E-state index in [4.69, 9.17) is 4.74 Å². The van der Waals surface area contributed by atoms with Crippen LogP contribution in [0.4, 0.5) is 5.69 Å². The van der Waals surface area contributed by atoms with Crippen molar-refractivity contribution < 1.29 is 14.3 Å². The number of ether oxygens (including phenoxy) is 1. The third-order valence-electron chi connectivity index (χ3n) is 5.02. The van der Waals surface area contributed by atoms with Gasteiger partial charge in [-0.2, -0.15) is 0 Å². The summed E-state index contributed by atoms with van der Waals surface area (Å²) in [6.07, 6.45) is 1.80. The molecule has 1 aliphatic heterocycles. The smallest absolute Gasteiger partial charge is 0.242 e. The molecule has 6 heteroatoms. The molecule has 2 heterocycles. The van der Waals surface area contributed by atoms with Gasteiger partial charge >= 0.3 is 0 Å². The molecule has 2 aromatic carbocycles. The van der Waals surface area contributed by atoms with E-state index in [1.54, 1.807) is 0 Å². The Kier molecular flexibility index (Phi) is 5.12. The van der Waals surface area contributed by atoms with Crippen LogP contribution in [0.3, 0.4) is 0 Å². The summed E-state index contributed by atoms with van der Waals surface area (Å²) >= 11 is 0. The fraction of sp³-hybridized carbons (Fsp3) is 0.273. The predicted octanol–water partition coefficient (Wildman–Crippen LogP) is 3.20. The van der Waals surface area contributed by atoms with Crippen molar-refractivity contribution in [1.82, 2.24) is 9.47 Å². The largest absolute Gasteiger partial charge is 0.370 e. The first-order valence-corrected chi connectivity index (χ1v) is 9.41. The number of aromatic nitrogens is 1. The van der Waals surface area contributed by atoms with Gasteiger partial charge in [0.25, 0.3) is 0 Å². The van der Waals surface area contributed by atoms with Gasteiger partial charge in [0.2, 0.25) is 11.8 Å². The number of nitrogens with zero attached hydrogens (tertiary/aromatic N) is 2. The van der Waals surface area contributed by atoms with Crippen LogP contribution in [0, 0.1) is 0 Å². The van der Waals surface area contributed by atoms with Gasteiger partial charge in [0.1, 0.15) is 12.6 Å². The number of carbonyl (C=O) groups is 2. The minimum Gasteiger partial charge on any atom is -0.370 e. The number of amides is 2. The molecule has 4 rings (SSSR count). The van der Waals surface area contributed by atoms with Crippen LogP contribution < -0.4 is 5.32 Å². The predicted molar refractivity (Wildman–Crippen MR) is 108 cm³/mol. The van der Waals surface area contributed by atoms with Crippen molar-refractivity contribution in [2.24, 2.45) is 0 Å². The Morgan fingerprint density at radius 1 is 1.11 bits per heavy atom. The fourth-order valence-electron chi connectivity index (χ4n) is 3.65. The van der Waals surface area contributed by atoms with Gasteiger partial charge in [-0.05, 0) is 23.8 Å². The second-order valence-corrected chi connectivity index (χ2v) is 6.97. The van der Waals surface area contributed by atoms with E-state index in [1.165, 1.54) is 6.92 Å². The molecule has 1 N–H and O–H groups in total. The molecule has 0 unspecified atom stereocenters. The van der Waals surface area contributed by atoms with Crippen molar-refractivity contribution in [1.29, 1.82) is 0 Å². The number of morpholine rings is 1. The third-order valence-corrected chi connectivity index (χ3v) is 5.02.